The van der Waals surface area contributed by atoms with Crippen LogP contribution in [-0.4, -0.2) is 25.8 Å². The molecule has 2 bridgehead atoms. The summed E-state index contributed by atoms with van der Waals surface area (Å²) >= 11 is 0. The van der Waals surface area contributed by atoms with Gasteiger partial charge in [-0.15, -0.1) is 0 Å². The zero-order valence-corrected chi connectivity index (χ0v) is 16.8. The van der Waals surface area contributed by atoms with Crippen molar-refractivity contribution in [2.75, 3.05) is 6.61 Å². The van der Waals surface area contributed by atoms with Crippen LogP contribution in [0.1, 0.15) is 46.1 Å². The Morgan fingerprint density at radius 2 is 2.00 bits per heavy atom. The summed E-state index contributed by atoms with van der Waals surface area (Å²) in [5.41, 5.74) is 1.19. The van der Waals surface area contributed by atoms with Crippen LogP contribution in [0.25, 0.3) is 0 Å². The van der Waals surface area contributed by atoms with E-state index in [1.54, 1.807) is 6.92 Å². The zero-order chi connectivity index (χ0) is 19.4. The summed E-state index contributed by atoms with van der Waals surface area (Å²) in [7, 11) is -0.469. The third-order valence-electron chi connectivity index (χ3n) is 7.69. The maximum Gasteiger partial charge on any atom is 0.462 e. The Kier molecular flexibility index (Phi) is 4.32. The monoisotopic (exact) mass is 368 g/mol. The molecule has 1 heterocycles. The molecule has 4 nitrogen and oxygen atoms in total. The van der Waals surface area contributed by atoms with Gasteiger partial charge in [0.25, 0.3) is 0 Å². The number of fused-ring (bicyclic) bond motifs is 5. The highest BCUT2D eigenvalue weighted by Crippen LogP contribution is 2.76. The second kappa shape index (κ2) is 6.21. The number of carbonyl (C=O) groups is 1. The van der Waals surface area contributed by atoms with Gasteiger partial charge in [0.2, 0.25) is 0 Å². The summed E-state index contributed by atoms with van der Waals surface area (Å²) in [5, 5.41) is 0. The predicted molar refractivity (Wildman–Crippen MR) is 105 cm³/mol. The lowest BCUT2D eigenvalue weighted by atomic mass is 9.61. The van der Waals surface area contributed by atoms with Gasteiger partial charge in [-0.25, -0.2) is 4.79 Å². The Labute approximate surface area is 162 Å². The molecule has 2 saturated carbocycles. The van der Waals surface area contributed by atoms with Crippen LogP contribution in [0, 0.1) is 16.7 Å². The van der Waals surface area contributed by atoms with E-state index in [1.807, 2.05) is 6.07 Å². The van der Waals surface area contributed by atoms with Gasteiger partial charge in [0.15, 0.2) is 0 Å². The lowest BCUT2D eigenvalue weighted by Crippen LogP contribution is -2.50. The first-order valence-corrected chi connectivity index (χ1v) is 10.0. The molecule has 0 amide bonds. The van der Waals surface area contributed by atoms with E-state index in [2.05, 4.69) is 51.6 Å². The normalized spacial score (nSPS) is 35.9. The van der Waals surface area contributed by atoms with Crippen LogP contribution >= 0.6 is 0 Å². The minimum Gasteiger partial charge on any atom is -0.463 e. The van der Waals surface area contributed by atoms with Crippen molar-refractivity contribution >= 4 is 13.1 Å². The van der Waals surface area contributed by atoms with Crippen molar-refractivity contribution in [3.05, 3.63) is 48.0 Å². The van der Waals surface area contributed by atoms with E-state index in [4.69, 9.17) is 14.0 Å². The molecule has 3 fully saturated rings. The average molecular weight is 368 g/mol. The largest absolute Gasteiger partial charge is 0.463 e. The number of hydrogen-bond donors (Lipinski definition) is 0. The van der Waals surface area contributed by atoms with Crippen molar-refractivity contribution < 1.29 is 18.8 Å². The second-order valence-electron chi connectivity index (χ2n) is 8.93. The van der Waals surface area contributed by atoms with E-state index in [9.17, 15) is 4.79 Å². The standard InChI is InChI=1S/C22H29BO4/c1-6-25-19(24)15(2)14-23-26-18-17-12-13-21(5,20(17,3)4)22(18,27-23)16-10-8-7-9-11-16/h7-11,17-18H,2,6,12-14H2,1,3-5H3/t17-,18-,21-,22-/m1/s1. The number of ether oxygens (including phenoxy) is 1. The van der Waals surface area contributed by atoms with Crippen molar-refractivity contribution in [2.45, 2.75) is 58.6 Å². The fourth-order valence-electron chi connectivity index (χ4n) is 5.96. The Bertz CT molecular complexity index is 761. The van der Waals surface area contributed by atoms with Crippen molar-refractivity contribution in [1.29, 1.82) is 0 Å². The average Bonchev–Trinajstić information content (AvgIpc) is 3.17. The van der Waals surface area contributed by atoms with Crippen LogP contribution in [0.15, 0.2) is 42.5 Å². The molecular formula is C22H29BO4. The molecule has 0 aromatic heterocycles. The quantitative estimate of drug-likeness (QED) is 0.440. The maximum absolute atomic E-state index is 12.0. The van der Waals surface area contributed by atoms with Crippen molar-refractivity contribution in [1.82, 2.24) is 0 Å². The summed E-state index contributed by atoms with van der Waals surface area (Å²) in [6, 6.07) is 10.5. The molecule has 27 heavy (non-hydrogen) atoms. The molecule has 5 heteroatoms. The third-order valence-corrected chi connectivity index (χ3v) is 7.69. The van der Waals surface area contributed by atoms with Gasteiger partial charge in [0.1, 0.15) is 5.60 Å². The molecule has 144 valence electrons. The highest BCUT2D eigenvalue weighted by Gasteiger charge is 2.78. The summed E-state index contributed by atoms with van der Waals surface area (Å²) in [5.74, 6) is 0.0635. The van der Waals surface area contributed by atoms with E-state index in [0.717, 1.165) is 12.8 Å². The molecule has 1 aromatic carbocycles. The van der Waals surface area contributed by atoms with Crippen LogP contribution in [0.5, 0.6) is 0 Å². The van der Waals surface area contributed by atoms with E-state index in [0.29, 0.717) is 24.4 Å². The maximum atomic E-state index is 12.0. The topological polar surface area (TPSA) is 44.8 Å². The fourth-order valence-corrected chi connectivity index (χ4v) is 5.96. The molecule has 4 rings (SSSR count). The molecule has 1 saturated heterocycles. The van der Waals surface area contributed by atoms with Gasteiger partial charge < -0.3 is 14.0 Å². The highest BCUT2D eigenvalue weighted by molar-refractivity contribution is 6.47. The number of benzene rings is 1. The molecule has 0 N–H and O–H groups in total. The summed E-state index contributed by atoms with van der Waals surface area (Å²) < 4.78 is 18.3. The van der Waals surface area contributed by atoms with Gasteiger partial charge in [-0.3, -0.25) is 0 Å². The van der Waals surface area contributed by atoms with Gasteiger partial charge in [-0.05, 0) is 36.7 Å². The summed E-state index contributed by atoms with van der Waals surface area (Å²) in [6.45, 7) is 13.1. The van der Waals surface area contributed by atoms with Crippen LogP contribution < -0.4 is 0 Å². The van der Waals surface area contributed by atoms with Crippen LogP contribution in [0.4, 0.5) is 0 Å². The molecule has 2 aliphatic carbocycles. The number of carbonyl (C=O) groups excluding carboxylic acids is 1. The predicted octanol–water partition coefficient (Wildman–Crippen LogP) is 4.36. The fraction of sp³-hybridized carbons (Fsp3) is 0.591. The first-order chi connectivity index (χ1) is 12.8. The number of hydrogen-bond acceptors (Lipinski definition) is 4. The van der Waals surface area contributed by atoms with Gasteiger partial charge >= 0.3 is 13.1 Å². The van der Waals surface area contributed by atoms with Crippen molar-refractivity contribution in [2.24, 2.45) is 16.7 Å². The van der Waals surface area contributed by atoms with Gasteiger partial charge in [-0.1, -0.05) is 57.7 Å². The molecule has 0 unspecified atom stereocenters. The Morgan fingerprint density at radius 3 is 2.67 bits per heavy atom. The SMILES string of the molecule is C=C(CB1O[C@@H]2[C@H]3CC[C@](C)(C3(C)C)[C@]2(c2ccccc2)O1)C(=O)OCC. The van der Waals surface area contributed by atoms with Crippen LogP contribution in [-0.2, 0) is 24.4 Å². The summed E-state index contributed by atoms with van der Waals surface area (Å²) in [6.07, 6.45) is 2.60. The van der Waals surface area contributed by atoms with Crippen molar-refractivity contribution in [3.8, 4) is 0 Å². The molecule has 4 atom stereocenters. The van der Waals surface area contributed by atoms with Crippen LogP contribution in [0.3, 0.4) is 0 Å². The Morgan fingerprint density at radius 1 is 1.30 bits per heavy atom. The molecule has 1 aromatic rings. The smallest absolute Gasteiger partial charge is 0.462 e. The van der Waals surface area contributed by atoms with E-state index in [1.165, 1.54) is 5.56 Å². The molecule has 0 radical (unpaired) electrons. The van der Waals surface area contributed by atoms with Crippen LogP contribution in [0.2, 0.25) is 6.32 Å². The Hall–Kier alpha value is -1.59. The minimum absolute atomic E-state index is 0.00588. The lowest BCUT2D eigenvalue weighted by Gasteiger charge is -2.48. The molecule has 1 aliphatic heterocycles. The molecule has 0 spiro atoms. The first kappa shape index (κ1) is 18.8. The van der Waals surface area contributed by atoms with E-state index in [-0.39, 0.29) is 22.9 Å². The van der Waals surface area contributed by atoms with Crippen molar-refractivity contribution in [3.63, 3.8) is 0 Å². The van der Waals surface area contributed by atoms with Gasteiger partial charge in [0.05, 0.1) is 12.7 Å². The van der Waals surface area contributed by atoms with Gasteiger partial charge in [-0.2, -0.15) is 0 Å². The second-order valence-corrected chi connectivity index (χ2v) is 8.93. The Balaban J connectivity index is 1.69. The minimum atomic E-state index is -0.486. The lowest BCUT2D eigenvalue weighted by molar-refractivity contribution is -0.138. The zero-order valence-electron chi connectivity index (χ0n) is 16.8. The molecule has 3 aliphatic rings. The first-order valence-electron chi connectivity index (χ1n) is 10.0. The highest BCUT2D eigenvalue weighted by atomic mass is 16.7. The van der Waals surface area contributed by atoms with E-state index >= 15 is 0 Å². The van der Waals surface area contributed by atoms with Gasteiger partial charge in [0, 0.05) is 17.3 Å². The number of rotatable bonds is 5. The number of esters is 1. The molecular weight excluding hydrogens is 339 g/mol. The third kappa shape index (κ3) is 2.34. The van der Waals surface area contributed by atoms with E-state index < -0.39 is 12.7 Å². The summed E-state index contributed by atoms with van der Waals surface area (Å²) in [4.78, 5) is 12.0.